The standard InChI is InChI=1S/C11H13Cl2NO2/c12-5-7-14(8-6-13)10-1-3-11(4-2-10)16-9-15/h1-4,9H,5-8H2. The highest BCUT2D eigenvalue weighted by Gasteiger charge is 2.05. The molecule has 0 aliphatic carbocycles. The van der Waals surface area contributed by atoms with E-state index in [0.29, 0.717) is 24.0 Å². The molecule has 0 bridgehead atoms. The summed E-state index contributed by atoms with van der Waals surface area (Å²) in [6.45, 7) is 1.88. The number of halogens is 2. The van der Waals surface area contributed by atoms with E-state index < -0.39 is 0 Å². The van der Waals surface area contributed by atoms with E-state index >= 15 is 0 Å². The van der Waals surface area contributed by atoms with Crippen LogP contribution in [0.5, 0.6) is 5.75 Å². The molecule has 0 aliphatic rings. The van der Waals surface area contributed by atoms with E-state index in [0.717, 1.165) is 18.8 Å². The van der Waals surface area contributed by atoms with Gasteiger partial charge in [0.05, 0.1) is 0 Å². The Balaban J connectivity index is 2.72. The van der Waals surface area contributed by atoms with E-state index in [1.807, 2.05) is 12.1 Å². The molecular formula is C11H13Cl2NO2. The molecule has 88 valence electrons. The van der Waals surface area contributed by atoms with Gasteiger partial charge in [-0.2, -0.15) is 0 Å². The highest BCUT2D eigenvalue weighted by molar-refractivity contribution is 6.18. The lowest BCUT2D eigenvalue weighted by Gasteiger charge is -2.22. The lowest BCUT2D eigenvalue weighted by atomic mass is 10.2. The summed E-state index contributed by atoms with van der Waals surface area (Å²) >= 11 is 11.4. The van der Waals surface area contributed by atoms with Crippen molar-refractivity contribution < 1.29 is 9.53 Å². The number of benzene rings is 1. The monoisotopic (exact) mass is 261 g/mol. The second-order valence-electron chi connectivity index (χ2n) is 3.07. The number of nitrogens with zero attached hydrogens (tertiary/aromatic N) is 1. The van der Waals surface area contributed by atoms with Gasteiger partial charge in [-0.15, -0.1) is 23.2 Å². The normalized spacial score (nSPS) is 9.88. The predicted molar refractivity (Wildman–Crippen MR) is 66.8 cm³/mol. The Morgan fingerprint density at radius 3 is 2.12 bits per heavy atom. The van der Waals surface area contributed by atoms with Crippen LogP contribution in [0.4, 0.5) is 5.69 Å². The molecule has 3 nitrogen and oxygen atoms in total. The van der Waals surface area contributed by atoms with Gasteiger partial charge in [-0.05, 0) is 24.3 Å². The highest BCUT2D eigenvalue weighted by atomic mass is 35.5. The van der Waals surface area contributed by atoms with Crippen LogP contribution in [0.15, 0.2) is 24.3 Å². The number of rotatable bonds is 7. The van der Waals surface area contributed by atoms with Gasteiger partial charge in [0.2, 0.25) is 0 Å². The molecule has 16 heavy (non-hydrogen) atoms. The summed E-state index contributed by atoms with van der Waals surface area (Å²) in [6, 6.07) is 7.22. The number of ether oxygens (including phenoxy) is 1. The van der Waals surface area contributed by atoms with Crippen molar-refractivity contribution in [3.05, 3.63) is 24.3 Å². The van der Waals surface area contributed by atoms with Crippen molar-refractivity contribution in [3.63, 3.8) is 0 Å². The Morgan fingerprint density at radius 2 is 1.69 bits per heavy atom. The fourth-order valence-electron chi connectivity index (χ4n) is 1.37. The van der Waals surface area contributed by atoms with Crippen molar-refractivity contribution in [2.45, 2.75) is 0 Å². The molecule has 0 unspecified atom stereocenters. The Hall–Kier alpha value is -0.930. The number of hydrogen-bond donors (Lipinski definition) is 0. The van der Waals surface area contributed by atoms with Gasteiger partial charge in [-0.1, -0.05) is 0 Å². The van der Waals surface area contributed by atoms with Gasteiger partial charge in [0.1, 0.15) is 5.75 Å². The zero-order valence-corrected chi connectivity index (χ0v) is 10.2. The molecule has 1 aromatic rings. The Morgan fingerprint density at radius 1 is 1.12 bits per heavy atom. The van der Waals surface area contributed by atoms with Crippen LogP contribution in [-0.2, 0) is 4.79 Å². The quantitative estimate of drug-likeness (QED) is 0.558. The second-order valence-corrected chi connectivity index (χ2v) is 3.83. The number of alkyl halides is 2. The molecule has 0 atom stereocenters. The highest BCUT2D eigenvalue weighted by Crippen LogP contribution is 2.19. The molecule has 0 saturated heterocycles. The van der Waals surface area contributed by atoms with Crippen LogP contribution in [0.3, 0.4) is 0 Å². The molecule has 0 amide bonds. The van der Waals surface area contributed by atoms with Crippen LogP contribution in [-0.4, -0.2) is 31.3 Å². The van der Waals surface area contributed by atoms with Crippen molar-refractivity contribution in [1.82, 2.24) is 0 Å². The van der Waals surface area contributed by atoms with Gasteiger partial charge >= 0.3 is 0 Å². The first kappa shape index (κ1) is 13.1. The molecule has 0 aromatic heterocycles. The van der Waals surface area contributed by atoms with Gasteiger partial charge in [-0.3, -0.25) is 4.79 Å². The molecule has 0 radical (unpaired) electrons. The molecule has 0 N–H and O–H groups in total. The molecular weight excluding hydrogens is 249 g/mol. The first-order valence-corrected chi connectivity index (χ1v) is 5.96. The summed E-state index contributed by atoms with van der Waals surface area (Å²) in [7, 11) is 0. The molecule has 0 saturated carbocycles. The third-order valence-corrected chi connectivity index (χ3v) is 2.43. The molecule has 0 spiro atoms. The van der Waals surface area contributed by atoms with Crippen LogP contribution in [0, 0.1) is 0 Å². The maximum atomic E-state index is 10.1. The number of anilines is 1. The predicted octanol–water partition coefficient (Wildman–Crippen LogP) is 2.51. The summed E-state index contributed by atoms with van der Waals surface area (Å²) in [5.74, 6) is 1.61. The third kappa shape index (κ3) is 3.91. The minimum atomic E-state index is 0.407. The minimum absolute atomic E-state index is 0.407. The molecule has 1 aromatic carbocycles. The third-order valence-electron chi connectivity index (χ3n) is 2.09. The smallest absolute Gasteiger partial charge is 0.298 e. The first-order chi connectivity index (χ1) is 7.81. The van der Waals surface area contributed by atoms with Gasteiger partial charge in [0.15, 0.2) is 0 Å². The van der Waals surface area contributed by atoms with Crippen molar-refractivity contribution >= 4 is 35.4 Å². The van der Waals surface area contributed by atoms with Gasteiger partial charge in [0, 0.05) is 30.5 Å². The van der Waals surface area contributed by atoms with Gasteiger partial charge < -0.3 is 9.64 Å². The van der Waals surface area contributed by atoms with Crippen molar-refractivity contribution in [3.8, 4) is 5.75 Å². The first-order valence-electron chi connectivity index (χ1n) is 4.89. The SMILES string of the molecule is O=COc1ccc(N(CCCl)CCCl)cc1. The molecule has 0 aliphatic heterocycles. The van der Waals surface area contributed by atoms with E-state index in [9.17, 15) is 4.79 Å². The van der Waals surface area contributed by atoms with Crippen LogP contribution in [0.2, 0.25) is 0 Å². The summed E-state index contributed by atoms with van der Waals surface area (Å²) < 4.78 is 4.71. The second kappa shape index (κ2) is 7.36. The maximum absolute atomic E-state index is 10.1. The Labute approximate surface area is 105 Å². The van der Waals surface area contributed by atoms with Crippen molar-refractivity contribution in [2.24, 2.45) is 0 Å². The molecule has 1 rings (SSSR count). The minimum Gasteiger partial charge on any atom is -0.429 e. The number of carbonyl (C=O) groups excluding carboxylic acids is 1. The topological polar surface area (TPSA) is 29.5 Å². The molecule has 0 heterocycles. The number of carbonyl (C=O) groups is 1. The van der Waals surface area contributed by atoms with E-state index in [2.05, 4.69) is 4.90 Å². The van der Waals surface area contributed by atoms with E-state index in [1.54, 1.807) is 12.1 Å². The van der Waals surface area contributed by atoms with Crippen LogP contribution in [0.25, 0.3) is 0 Å². The summed E-state index contributed by atoms with van der Waals surface area (Å²) in [5.41, 5.74) is 1.01. The van der Waals surface area contributed by atoms with Crippen LogP contribution >= 0.6 is 23.2 Å². The summed E-state index contributed by atoms with van der Waals surface area (Å²) in [6.07, 6.45) is 0. The average Bonchev–Trinajstić information content (AvgIpc) is 2.30. The van der Waals surface area contributed by atoms with E-state index in [4.69, 9.17) is 27.9 Å². The van der Waals surface area contributed by atoms with Crippen LogP contribution < -0.4 is 9.64 Å². The Bertz CT molecular complexity index is 310. The van der Waals surface area contributed by atoms with Crippen molar-refractivity contribution in [2.75, 3.05) is 29.7 Å². The number of hydrogen-bond acceptors (Lipinski definition) is 3. The van der Waals surface area contributed by atoms with E-state index in [-0.39, 0.29) is 0 Å². The maximum Gasteiger partial charge on any atom is 0.298 e. The fourth-order valence-corrected chi connectivity index (χ4v) is 1.77. The molecule has 5 heteroatoms. The lowest BCUT2D eigenvalue weighted by molar-refractivity contribution is -0.120. The van der Waals surface area contributed by atoms with Gasteiger partial charge in [-0.25, -0.2) is 0 Å². The van der Waals surface area contributed by atoms with E-state index in [1.165, 1.54) is 0 Å². The van der Waals surface area contributed by atoms with Gasteiger partial charge in [0.25, 0.3) is 6.47 Å². The van der Waals surface area contributed by atoms with Crippen LogP contribution in [0.1, 0.15) is 0 Å². The zero-order chi connectivity index (χ0) is 11.8. The zero-order valence-electron chi connectivity index (χ0n) is 8.73. The average molecular weight is 262 g/mol. The summed E-state index contributed by atoms with van der Waals surface area (Å²) in [4.78, 5) is 12.2. The molecule has 0 fully saturated rings. The van der Waals surface area contributed by atoms with Crippen molar-refractivity contribution in [1.29, 1.82) is 0 Å². The fraction of sp³-hybridized carbons (Fsp3) is 0.364. The Kier molecular flexibility index (Phi) is 6.04. The summed E-state index contributed by atoms with van der Waals surface area (Å²) in [5, 5.41) is 0. The largest absolute Gasteiger partial charge is 0.429 e. The lowest BCUT2D eigenvalue weighted by Crippen LogP contribution is -2.27.